The quantitative estimate of drug-likeness (QED) is 0.870. The molecular formula is C16H26N2O3S. The van der Waals surface area contributed by atoms with Crippen LogP contribution in [0.25, 0.3) is 0 Å². The molecule has 0 aliphatic carbocycles. The average molecular weight is 326 g/mol. The van der Waals surface area contributed by atoms with E-state index < -0.39 is 0 Å². The van der Waals surface area contributed by atoms with Crippen LogP contribution in [0.1, 0.15) is 44.3 Å². The molecule has 1 atom stereocenters. The number of likely N-dealkylation sites (tertiary alicyclic amines) is 1. The van der Waals surface area contributed by atoms with E-state index in [0.29, 0.717) is 13.2 Å². The van der Waals surface area contributed by atoms with Crippen LogP contribution in [0.4, 0.5) is 4.79 Å². The largest absolute Gasteiger partial charge is 0.461 e. The van der Waals surface area contributed by atoms with Crippen molar-refractivity contribution < 1.29 is 13.9 Å². The summed E-state index contributed by atoms with van der Waals surface area (Å²) in [6.07, 6.45) is 4.01. The number of nitrogens with zero attached hydrogens (tertiary/aromatic N) is 1. The van der Waals surface area contributed by atoms with Crippen molar-refractivity contribution >= 4 is 17.8 Å². The standard InChI is InChI=1S/C16H26N2O3S/c1-16(2,22-4)11-17-15(19)18-9-5-6-13(18)14-8-7-12(21-14)10-20-3/h7-8,13H,5-6,9-11H2,1-4H3,(H,17,19)/t13-/m1/s1. The summed E-state index contributed by atoms with van der Waals surface area (Å²) in [7, 11) is 1.64. The first-order valence-corrected chi connectivity index (χ1v) is 8.86. The lowest BCUT2D eigenvalue weighted by atomic mass is 10.2. The lowest BCUT2D eigenvalue weighted by Gasteiger charge is -2.27. The van der Waals surface area contributed by atoms with E-state index in [1.54, 1.807) is 18.9 Å². The van der Waals surface area contributed by atoms with Crippen LogP contribution in [0.5, 0.6) is 0 Å². The second-order valence-electron chi connectivity index (χ2n) is 6.21. The maximum atomic E-state index is 12.5. The first kappa shape index (κ1) is 17.2. The third-order valence-corrected chi connectivity index (χ3v) is 5.28. The average Bonchev–Trinajstić information content (AvgIpc) is 3.13. The van der Waals surface area contributed by atoms with Gasteiger partial charge in [-0.15, -0.1) is 0 Å². The molecule has 1 aliphatic heterocycles. The van der Waals surface area contributed by atoms with E-state index in [1.807, 2.05) is 17.0 Å². The van der Waals surface area contributed by atoms with E-state index in [-0.39, 0.29) is 16.8 Å². The van der Waals surface area contributed by atoms with Crippen LogP contribution < -0.4 is 5.32 Å². The van der Waals surface area contributed by atoms with E-state index in [9.17, 15) is 4.79 Å². The van der Waals surface area contributed by atoms with Crippen molar-refractivity contribution in [3.63, 3.8) is 0 Å². The lowest BCUT2D eigenvalue weighted by Crippen LogP contribution is -2.44. The molecule has 1 aromatic rings. The van der Waals surface area contributed by atoms with Crippen molar-refractivity contribution in [3.8, 4) is 0 Å². The second kappa shape index (κ2) is 7.42. The first-order valence-electron chi connectivity index (χ1n) is 7.64. The molecule has 2 rings (SSSR count). The highest BCUT2D eigenvalue weighted by Gasteiger charge is 2.32. The smallest absolute Gasteiger partial charge is 0.318 e. The van der Waals surface area contributed by atoms with Crippen LogP contribution in [0.2, 0.25) is 0 Å². The molecule has 1 aromatic heterocycles. The monoisotopic (exact) mass is 326 g/mol. The van der Waals surface area contributed by atoms with E-state index in [0.717, 1.165) is 30.9 Å². The van der Waals surface area contributed by atoms with Crippen molar-refractivity contribution in [3.05, 3.63) is 23.7 Å². The molecule has 22 heavy (non-hydrogen) atoms. The van der Waals surface area contributed by atoms with E-state index in [2.05, 4.69) is 25.4 Å². The summed E-state index contributed by atoms with van der Waals surface area (Å²) < 4.78 is 10.9. The van der Waals surface area contributed by atoms with Crippen molar-refractivity contribution in [2.24, 2.45) is 0 Å². The minimum Gasteiger partial charge on any atom is -0.461 e. The second-order valence-corrected chi connectivity index (χ2v) is 7.72. The molecule has 124 valence electrons. The zero-order valence-corrected chi connectivity index (χ0v) is 14.7. The van der Waals surface area contributed by atoms with Crippen molar-refractivity contribution in [2.75, 3.05) is 26.5 Å². The van der Waals surface area contributed by atoms with Gasteiger partial charge >= 0.3 is 6.03 Å². The number of hydrogen-bond acceptors (Lipinski definition) is 4. The van der Waals surface area contributed by atoms with Crippen LogP contribution in [0, 0.1) is 0 Å². The van der Waals surface area contributed by atoms with Gasteiger partial charge in [-0.1, -0.05) is 0 Å². The highest BCUT2D eigenvalue weighted by atomic mass is 32.2. The SMILES string of the molecule is COCc1ccc([C@H]2CCCN2C(=O)NCC(C)(C)SC)o1. The summed E-state index contributed by atoms with van der Waals surface area (Å²) in [4.78, 5) is 14.3. The highest BCUT2D eigenvalue weighted by molar-refractivity contribution is 7.99. The number of methoxy groups -OCH3 is 1. The van der Waals surface area contributed by atoms with Gasteiger partial charge in [0, 0.05) is 24.9 Å². The molecule has 2 amide bonds. The zero-order chi connectivity index (χ0) is 16.2. The Balaban J connectivity index is 1.98. The molecule has 1 fully saturated rings. The van der Waals surface area contributed by atoms with Gasteiger partial charge < -0.3 is 19.4 Å². The number of urea groups is 1. The Morgan fingerprint density at radius 3 is 3.00 bits per heavy atom. The number of carbonyl (C=O) groups is 1. The molecule has 0 radical (unpaired) electrons. The fourth-order valence-electron chi connectivity index (χ4n) is 2.56. The van der Waals surface area contributed by atoms with E-state index >= 15 is 0 Å². The van der Waals surface area contributed by atoms with Gasteiger partial charge in [0.2, 0.25) is 0 Å². The van der Waals surface area contributed by atoms with E-state index in [4.69, 9.17) is 9.15 Å². The number of nitrogens with one attached hydrogen (secondary N) is 1. The van der Waals surface area contributed by atoms with Crippen molar-refractivity contribution in [1.82, 2.24) is 10.2 Å². The zero-order valence-electron chi connectivity index (χ0n) is 13.8. The summed E-state index contributed by atoms with van der Waals surface area (Å²) in [6, 6.07) is 3.90. The Bertz CT molecular complexity index is 501. The molecule has 6 heteroatoms. The topological polar surface area (TPSA) is 54.7 Å². The molecule has 0 spiro atoms. The molecule has 0 aromatic carbocycles. The van der Waals surface area contributed by atoms with Crippen LogP contribution in [0.3, 0.4) is 0 Å². The van der Waals surface area contributed by atoms with Gasteiger partial charge in [-0.3, -0.25) is 0 Å². The van der Waals surface area contributed by atoms with Gasteiger partial charge in [-0.25, -0.2) is 4.79 Å². The van der Waals surface area contributed by atoms with Gasteiger partial charge in [0.1, 0.15) is 18.1 Å². The molecule has 0 saturated carbocycles. The van der Waals surface area contributed by atoms with Crippen molar-refractivity contribution in [2.45, 2.75) is 44.1 Å². The lowest BCUT2D eigenvalue weighted by molar-refractivity contribution is 0.156. The molecule has 5 nitrogen and oxygen atoms in total. The summed E-state index contributed by atoms with van der Waals surface area (Å²) in [6.45, 7) is 6.15. The maximum Gasteiger partial charge on any atom is 0.318 e. The minimum atomic E-state index is -0.00526. The summed E-state index contributed by atoms with van der Waals surface area (Å²) in [5, 5.41) is 3.05. The Morgan fingerprint density at radius 1 is 1.55 bits per heavy atom. The summed E-state index contributed by atoms with van der Waals surface area (Å²) in [5.41, 5.74) is 0. The fraction of sp³-hybridized carbons (Fsp3) is 0.688. The summed E-state index contributed by atoms with van der Waals surface area (Å²) in [5.74, 6) is 1.65. The molecule has 1 saturated heterocycles. The molecule has 1 N–H and O–H groups in total. The highest BCUT2D eigenvalue weighted by Crippen LogP contribution is 2.33. The first-order chi connectivity index (χ1) is 10.5. The van der Waals surface area contributed by atoms with Crippen LogP contribution in [-0.2, 0) is 11.3 Å². The number of furan rings is 1. The predicted molar refractivity (Wildman–Crippen MR) is 89.1 cm³/mol. The molecule has 2 heterocycles. The molecule has 1 aliphatic rings. The third-order valence-electron chi connectivity index (χ3n) is 4.03. The number of hydrogen-bond donors (Lipinski definition) is 1. The van der Waals surface area contributed by atoms with Gasteiger partial charge in [0.05, 0.1) is 6.04 Å². The van der Waals surface area contributed by atoms with E-state index in [1.165, 1.54) is 0 Å². The molecule has 0 unspecified atom stereocenters. The number of thioether (sulfide) groups is 1. The Kier molecular flexibility index (Phi) is 5.81. The Hall–Kier alpha value is -1.14. The molecule has 0 bridgehead atoms. The number of rotatable bonds is 6. The number of ether oxygens (including phenoxy) is 1. The molecular weight excluding hydrogens is 300 g/mol. The number of carbonyl (C=O) groups excluding carboxylic acids is 1. The maximum absolute atomic E-state index is 12.5. The van der Waals surface area contributed by atoms with Crippen molar-refractivity contribution in [1.29, 1.82) is 0 Å². The van der Waals surface area contributed by atoms with Gasteiger partial charge in [-0.05, 0) is 45.1 Å². The van der Waals surface area contributed by atoms with Gasteiger partial charge in [0.25, 0.3) is 0 Å². The fourth-order valence-corrected chi connectivity index (χ4v) is 2.78. The van der Waals surface area contributed by atoms with Crippen LogP contribution in [-0.4, -0.2) is 42.1 Å². The predicted octanol–water partition coefficient (Wildman–Crippen LogP) is 3.41. The number of amides is 2. The normalized spacial score (nSPS) is 18.7. The van der Waals surface area contributed by atoms with Crippen LogP contribution >= 0.6 is 11.8 Å². The third kappa shape index (κ3) is 4.20. The van der Waals surface area contributed by atoms with Gasteiger partial charge in [0.15, 0.2) is 0 Å². The van der Waals surface area contributed by atoms with Crippen LogP contribution in [0.15, 0.2) is 16.5 Å². The minimum absolute atomic E-state index is 0.00526. The Labute approximate surface area is 136 Å². The van der Waals surface area contributed by atoms with Gasteiger partial charge in [-0.2, -0.15) is 11.8 Å². The summed E-state index contributed by atoms with van der Waals surface area (Å²) >= 11 is 1.75. The Morgan fingerprint density at radius 2 is 2.32 bits per heavy atom.